The van der Waals surface area contributed by atoms with Crippen LogP contribution in [0.1, 0.15) is 49.7 Å². The molecule has 2 nitrogen and oxygen atoms in total. The number of hydrogen-bond acceptors (Lipinski definition) is 2. The van der Waals surface area contributed by atoms with Gasteiger partial charge in [0.15, 0.2) is 0 Å². The predicted molar refractivity (Wildman–Crippen MR) is 80.9 cm³/mol. The molecule has 1 fully saturated rings. The Morgan fingerprint density at radius 3 is 2.63 bits per heavy atom. The summed E-state index contributed by atoms with van der Waals surface area (Å²) in [5.41, 5.74) is 2.54. The van der Waals surface area contributed by atoms with Crippen molar-refractivity contribution < 1.29 is 4.74 Å². The van der Waals surface area contributed by atoms with Gasteiger partial charge in [0.25, 0.3) is 0 Å². The van der Waals surface area contributed by atoms with E-state index in [-0.39, 0.29) is 0 Å². The molecule has 0 unspecified atom stereocenters. The number of nitrogens with one attached hydrogen (secondary N) is 1. The largest absolute Gasteiger partial charge is 0.493 e. The van der Waals surface area contributed by atoms with Crippen LogP contribution in [0.4, 0.5) is 0 Å². The molecule has 1 aliphatic rings. The quantitative estimate of drug-likeness (QED) is 0.679. The van der Waals surface area contributed by atoms with Crippen LogP contribution < -0.4 is 10.1 Å². The summed E-state index contributed by atoms with van der Waals surface area (Å²) in [6.45, 7) is 6.28. The van der Waals surface area contributed by atoms with E-state index in [0.717, 1.165) is 24.8 Å². The molecule has 1 N–H and O–H groups in total. The smallest absolute Gasteiger partial charge is 0.122 e. The van der Waals surface area contributed by atoms with Gasteiger partial charge in [-0.25, -0.2) is 0 Å². The first-order valence-electron chi connectivity index (χ1n) is 7.69. The number of aryl methyl sites for hydroxylation is 2. The number of rotatable bonds is 9. The van der Waals surface area contributed by atoms with Crippen LogP contribution in [0.3, 0.4) is 0 Å². The minimum absolute atomic E-state index is 0.847. The molecule has 1 saturated carbocycles. The molecule has 0 radical (unpaired) electrons. The Bertz CT molecular complexity index is 385. The van der Waals surface area contributed by atoms with Gasteiger partial charge in [-0.05, 0) is 57.7 Å². The molecule has 0 bridgehead atoms. The van der Waals surface area contributed by atoms with Crippen LogP contribution in [0.15, 0.2) is 18.2 Å². The number of ether oxygens (including phenoxy) is 1. The van der Waals surface area contributed by atoms with Gasteiger partial charge in [-0.15, -0.1) is 0 Å². The highest BCUT2D eigenvalue weighted by molar-refractivity contribution is 5.35. The van der Waals surface area contributed by atoms with E-state index in [1.165, 1.54) is 49.8 Å². The second-order valence-corrected chi connectivity index (χ2v) is 5.76. The molecule has 2 heteroatoms. The van der Waals surface area contributed by atoms with Gasteiger partial charge in [-0.2, -0.15) is 0 Å². The molecule has 0 amide bonds. The molecule has 0 aromatic heterocycles. The zero-order valence-electron chi connectivity index (χ0n) is 12.4. The van der Waals surface area contributed by atoms with Crippen LogP contribution in [0, 0.1) is 13.8 Å². The molecule has 2 rings (SSSR count). The maximum atomic E-state index is 5.83. The van der Waals surface area contributed by atoms with Crippen LogP contribution >= 0.6 is 0 Å². The van der Waals surface area contributed by atoms with Crippen molar-refractivity contribution >= 4 is 0 Å². The van der Waals surface area contributed by atoms with Crippen molar-refractivity contribution in [1.29, 1.82) is 0 Å². The molecule has 1 aromatic rings. The van der Waals surface area contributed by atoms with E-state index in [4.69, 9.17) is 4.74 Å². The van der Waals surface area contributed by atoms with Crippen molar-refractivity contribution in [2.24, 2.45) is 0 Å². The minimum Gasteiger partial charge on any atom is -0.493 e. The second-order valence-electron chi connectivity index (χ2n) is 5.76. The highest BCUT2D eigenvalue weighted by Crippen LogP contribution is 2.19. The maximum absolute atomic E-state index is 5.83. The molecule has 0 heterocycles. The fraction of sp³-hybridized carbons (Fsp3) is 0.647. The third kappa shape index (κ3) is 5.65. The van der Waals surface area contributed by atoms with E-state index >= 15 is 0 Å². The summed E-state index contributed by atoms with van der Waals surface area (Å²) < 4.78 is 5.83. The Balaban J connectivity index is 1.48. The highest BCUT2D eigenvalue weighted by atomic mass is 16.5. The zero-order valence-corrected chi connectivity index (χ0v) is 12.4. The molecule has 106 valence electrons. The van der Waals surface area contributed by atoms with Crippen molar-refractivity contribution in [3.63, 3.8) is 0 Å². The third-order valence-electron chi connectivity index (χ3n) is 3.67. The van der Waals surface area contributed by atoms with Gasteiger partial charge in [0, 0.05) is 6.04 Å². The van der Waals surface area contributed by atoms with Gasteiger partial charge in [0.1, 0.15) is 5.75 Å². The summed E-state index contributed by atoms with van der Waals surface area (Å²) in [6, 6.07) is 7.24. The first-order valence-corrected chi connectivity index (χ1v) is 7.69. The summed E-state index contributed by atoms with van der Waals surface area (Å²) in [7, 11) is 0. The molecule has 1 aromatic carbocycles. The Morgan fingerprint density at radius 2 is 1.89 bits per heavy atom. The van der Waals surface area contributed by atoms with Gasteiger partial charge in [0.05, 0.1) is 6.61 Å². The SMILES string of the molecule is Cc1ccc(OCCCCCCNC2CC2)c(C)c1. The van der Waals surface area contributed by atoms with Crippen LogP contribution in [-0.4, -0.2) is 19.2 Å². The lowest BCUT2D eigenvalue weighted by molar-refractivity contribution is 0.302. The first-order chi connectivity index (χ1) is 9.25. The Hall–Kier alpha value is -1.02. The highest BCUT2D eigenvalue weighted by Gasteiger charge is 2.19. The Kier molecular flexibility index (Phi) is 5.71. The van der Waals surface area contributed by atoms with Crippen molar-refractivity contribution in [3.8, 4) is 5.75 Å². The van der Waals surface area contributed by atoms with E-state index in [0.29, 0.717) is 0 Å². The molecule has 19 heavy (non-hydrogen) atoms. The van der Waals surface area contributed by atoms with Crippen LogP contribution in [0.2, 0.25) is 0 Å². The fourth-order valence-electron chi connectivity index (χ4n) is 2.32. The molecule has 0 spiro atoms. The van der Waals surface area contributed by atoms with E-state index in [9.17, 15) is 0 Å². The molecule has 0 aliphatic heterocycles. The third-order valence-corrected chi connectivity index (χ3v) is 3.67. The molecular weight excluding hydrogens is 234 g/mol. The van der Waals surface area contributed by atoms with Crippen molar-refractivity contribution in [3.05, 3.63) is 29.3 Å². The van der Waals surface area contributed by atoms with Gasteiger partial charge in [-0.1, -0.05) is 30.5 Å². The average molecular weight is 261 g/mol. The van der Waals surface area contributed by atoms with Gasteiger partial charge < -0.3 is 10.1 Å². The minimum atomic E-state index is 0.847. The van der Waals surface area contributed by atoms with E-state index in [1.54, 1.807) is 0 Å². The van der Waals surface area contributed by atoms with E-state index < -0.39 is 0 Å². The first kappa shape index (κ1) is 14.4. The van der Waals surface area contributed by atoms with Crippen LogP contribution in [-0.2, 0) is 0 Å². The summed E-state index contributed by atoms with van der Waals surface area (Å²) >= 11 is 0. The monoisotopic (exact) mass is 261 g/mol. The average Bonchev–Trinajstić information content (AvgIpc) is 3.19. The lowest BCUT2D eigenvalue weighted by atomic mass is 10.1. The molecule has 0 atom stereocenters. The zero-order chi connectivity index (χ0) is 13.5. The van der Waals surface area contributed by atoms with Crippen molar-refractivity contribution in [1.82, 2.24) is 5.32 Å². The summed E-state index contributed by atoms with van der Waals surface area (Å²) in [5, 5.41) is 3.55. The van der Waals surface area contributed by atoms with Crippen LogP contribution in [0.5, 0.6) is 5.75 Å². The standard InChI is InChI=1S/C17H27NO/c1-14-7-10-17(15(2)13-14)19-12-6-4-3-5-11-18-16-8-9-16/h7,10,13,16,18H,3-6,8-9,11-12H2,1-2H3. The number of hydrogen-bond donors (Lipinski definition) is 1. The molecule has 1 aliphatic carbocycles. The van der Waals surface area contributed by atoms with Gasteiger partial charge >= 0.3 is 0 Å². The lowest BCUT2D eigenvalue weighted by Gasteiger charge is -2.09. The van der Waals surface area contributed by atoms with Gasteiger partial charge in [0.2, 0.25) is 0 Å². The molecule has 0 saturated heterocycles. The normalized spacial score (nSPS) is 14.6. The van der Waals surface area contributed by atoms with Gasteiger partial charge in [-0.3, -0.25) is 0 Å². The van der Waals surface area contributed by atoms with Crippen LogP contribution in [0.25, 0.3) is 0 Å². The Morgan fingerprint density at radius 1 is 1.11 bits per heavy atom. The fourth-order valence-corrected chi connectivity index (χ4v) is 2.32. The van der Waals surface area contributed by atoms with Crippen molar-refractivity contribution in [2.75, 3.05) is 13.2 Å². The summed E-state index contributed by atoms with van der Waals surface area (Å²) in [5.74, 6) is 1.04. The second kappa shape index (κ2) is 7.54. The summed E-state index contributed by atoms with van der Waals surface area (Å²) in [6.07, 6.45) is 7.84. The lowest BCUT2D eigenvalue weighted by Crippen LogP contribution is -2.17. The Labute approximate surface area is 117 Å². The number of unbranched alkanes of at least 4 members (excludes halogenated alkanes) is 3. The van der Waals surface area contributed by atoms with E-state index in [1.807, 2.05) is 0 Å². The maximum Gasteiger partial charge on any atom is 0.122 e. The number of benzene rings is 1. The predicted octanol–water partition coefficient (Wildman–Crippen LogP) is 3.99. The summed E-state index contributed by atoms with van der Waals surface area (Å²) in [4.78, 5) is 0. The van der Waals surface area contributed by atoms with E-state index in [2.05, 4.69) is 37.4 Å². The topological polar surface area (TPSA) is 21.3 Å². The van der Waals surface area contributed by atoms with Crippen molar-refractivity contribution in [2.45, 2.75) is 58.4 Å². The molecular formula is C17H27NO.